The van der Waals surface area contributed by atoms with E-state index in [0.717, 1.165) is 15.7 Å². The molecule has 5 nitrogen and oxygen atoms in total. The average molecular weight is 296 g/mol. The number of amides is 1. The van der Waals surface area contributed by atoms with E-state index in [4.69, 9.17) is 5.11 Å². The molecule has 2 rings (SSSR count). The Bertz CT molecular complexity index is 546. The minimum absolute atomic E-state index is 0.531. The van der Waals surface area contributed by atoms with Gasteiger partial charge >= 0.3 is 6.09 Å². The van der Waals surface area contributed by atoms with Crippen molar-refractivity contribution in [3.05, 3.63) is 34.9 Å². The quantitative estimate of drug-likeness (QED) is 0.895. The average Bonchev–Trinajstić information content (AvgIpc) is 2.58. The first-order valence-corrected chi connectivity index (χ1v) is 5.65. The smallest absolute Gasteiger partial charge is 0.409 e. The fourth-order valence-corrected chi connectivity index (χ4v) is 2.18. The molecule has 1 amide bonds. The van der Waals surface area contributed by atoms with E-state index in [9.17, 15) is 4.79 Å². The molecule has 0 saturated carbocycles. The van der Waals surface area contributed by atoms with Gasteiger partial charge in [-0.25, -0.2) is 4.79 Å². The summed E-state index contributed by atoms with van der Waals surface area (Å²) >= 11 is 3.41. The van der Waals surface area contributed by atoms with Crippen LogP contribution in [0.25, 0.3) is 11.3 Å². The number of aromatic nitrogens is 2. The van der Waals surface area contributed by atoms with Crippen molar-refractivity contribution >= 4 is 27.7 Å². The number of aryl methyl sites for hydroxylation is 1. The maximum absolute atomic E-state index is 10.6. The van der Waals surface area contributed by atoms with Gasteiger partial charge in [0.1, 0.15) is 0 Å². The third-order valence-corrected chi connectivity index (χ3v) is 2.86. The standard InChI is InChI=1S/C11H10BrN3O2/c1-15-10(9(12)6-13-15)7-3-2-4-8(5-7)14-11(16)17/h2-6,14H,1H3,(H,16,17). The number of nitrogens with one attached hydrogen (secondary N) is 1. The van der Waals surface area contributed by atoms with Gasteiger partial charge in [0.2, 0.25) is 0 Å². The lowest BCUT2D eigenvalue weighted by atomic mass is 10.1. The summed E-state index contributed by atoms with van der Waals surface area (Å²) in [5, 5.41) is 15.1. The van der Waals surface area contributed by atoms with Crippen LogP contribution in [0.5, 0.6) is 0 Å². The van der Waals surface area contributed by atoms with Crippen molar-refractivity contribution in [2.24, 2.45) is 7.05 Å². The second-order valence-electron chi connectivity index (χ2n) is 3.48. The van der Waals surface area contributed by atoms with Crippen LogP contribution in [0.15, 0.2) is 34.9 Å². The van der Waals surface area contributed by atoms with Crippen LogP contribution in [-0.4, -0.2) is 21.0 Å². The van der Waals surface area contributed by atoms with Crippen molar-refractivity contribution in [2.75, 3.05) is 5.32 Å². The van der Waals surface area contributed by atoms with Crippen LogP contribution >= 0.6 is 15.9 Å². The van der Waals surface area contributed by atoms with Crippen molar-refractivity contribution in [1.29, 1.82) is 0 Å². The molecule has 0 aliphatic carbocycles. The molecule has 6 heteroatoms. The van der Waals surface area contributed by atoms with Gasteiger partial charge in [-0.2, -0.15) is 5.10 Å². The number of hydrogen-bond donors (Lipinski definition) is 2. The molecule has 0 aliphatic rings. The largest absolute Gasteiger partial charge is 0.465 e. The van der Waals surface area contributed by atoms with Gasteiger partial charge in [0.15, 0.2) is 0 Å². The van der Waals surface area contributed by atoms with Crippen molar-refractivity contribution < 1.29 is 9.90 Å². The molecule has 0 bridgehead atoms. The number of carbonyl (C=O) groups is 1. The Morgan fingerprint density at radius 3 is 2.88 bits per heavy atom. The molecular weight excluding hydrogens is 286 g/mol. The zero-order valence-electron chi connectivity index (χ0n) is 9.01. The molecule has 0 fully saturated rings. The van der Waals surface area contributed by atoms with Gasteiger partial charge in [0, 0.05) is 18.3 Å². The summed E-state index contributed by atoms with van der Waals surface area (Å²) in [5.41, 5.74) is 2.32. The summed E-state index contributed by atoms with van der Waals surface area (Å²) in [7, 11) is 1.83. The normalized spacial score (nSPS) is 10.2. The molecule has 0 spiro atoms. The molecule has 0 aliphatic heterocycles. The zero-order chi connectivity index (χ0) is 12.4. The van der Waals surface area contributed by atoms with Crippen LogP contribution in [0.2, 0.25) is 0 Å². The van der Waals surface area contributed by atoms with Gasteiger partial charge in [-0.1, -0.05) is 12.1 Å². The number of anilines is 1. The van der Waals surface area contributed by atoms with Crippen molar-refractivity contribution in [3.8, 4) is 11.3 Å². The van der Waals surface area contributed by atoms with Crippen LogP contribution in [0, 0.1) is 0 Å². The highest BCUT2D eigenvalue weighted by molar-refractivity contribution is 9.10. The van der Waals surface area contributed by atoms with Gasteiger partial charge in [0.05, 0.1) is 16.4 Å². The van der Waals surface area contributed by atoms with Crippen LogP contribution in [0.1, 0.15) is 0 Å². The number of halogens is 1. The minimum atomic E-state index is -1.08. The molecule has 1 aromatic heterocycles. The van der Waals surface area contributed by atoms with E-state index in [0.29, 0.717) is 5.69 Å². The van der Waals surface area contributed by atoms with Crippen LogP contribution in [-0.2, 0) is 7.05 Å². The van der Waals surface area contributed by atoms with Crippen molar-refractivity contribution in [3.63, 3.8) is 0 Å². The highest BCUT2D eigenvalue weighted by atomic mass is 79.9. The first kappa shape index (κ1) is 11.7. The molecule has 88 valence electrons. The van der Waals surface area contributed by atoms with E-state index >= 15 is 0 Å². The van der Waals surface area contributed by atoms with Gasteiger partial charge < -0.3 is 5.11 Å². The molecule has 2 N–H and O–H groups in total. The summed E-state index contributed by atoms with van der Waals surface area (Å²) in [6, 6.07) is 7.15. The Hall–Kier alpha value is -1.82. The maximum atomic E-state index is 10.6. The second kappa shape index (κ2) is 4.58. The van der Waals surface area contributed by atoms with E-state index in [1.165, 1.54) is 0 Å². The molecule has 2 aromatic rings. The molecule has 0 unspecified atom stereocenters. The summed E-state index contributed by atoms with van der Waals surface area (Å²) < 4.78 is 2.59. The summed E-state index contributed by atoms with van der Waals surface area (Å²) in [6.07, 6.45) is 0.623. The third-order valence-electron chi connectivity index (χ3n) is 2.28. The van der Waals surface area contributed by atoms with E-state index < -0.39 is 6.09 Å². The van der Waals surface area contributed by atoms with E-state index in [1.807, 2.05) is 13.1 Å². The lowest BCUT2D eigenvalue weighted by molar-refractivity contribution is 0.210. The predicted octanol–water partition coefficient (Wildman–Crippen LogP) is 2.94. The fraction of sp³-hybridized carbons (Fsp3) is 0.0909. The molecular formula is C11H10BrN3O2. The van der Waals surface area contributed by atoms with E-state index in [2.05, 4.69) is 26.3 Å². The van der Waals surface area contributed by atoms with Gasteiger partial charge in [0.25, 0.3) is 0 Å². The van der Waals surface area contributed by atoms with E-state index in [-0.39, 0.29) is 0 Å². The third kappa shape index (κ3) is 2.47. The Kier molecular flexibility index (Phi) is 3.14. The lowest BCUT2D eigenvalue weighted by Crippen LogP contribution is -2.07. The van der Waals surface area contributed by atoms with Crippen molar-refractivity contribution in [2.45, 2.75) is 0 Å². The Morgan fingerprint density at radius 2 is 2.29 bits per heavy atom. The van der Waals surface area contributed by atoms with Crippen LogP contribution in [0.4, 0.5) is 10.5 Å². The SMILES string of the molecule is Cn1ncc(Br)c1-c1cccc(NC(=O)O)c1. The molecule has 0 radical (unpaired) electrons. The Balaban J connectivity index is 2.43. The fourth-order valence-electron chi connectivity index (χ4n) is 1.60. The monoisotopic (exact) mass is 295 g/mol. The highest BCUT2D eigenvalue weighted by Gasteiger charge is 2.09. The molecule has 1 aromatic carbocycles. The van der Waals surface area contributed by atoms with Crippen LogP contribution < -0.4 is 5.32 Å². The molecule has 17 heavy (non-hydrogen) atoms. The van der Waals surface area contributed by atoms with Crippen molar-refractivity contribution in [1.82, 2.24) is 9.78 Å². The number of hydrogen-bond acceptors (Lipinski definition) is 2. The minimum Gasteiger partial charge on any atom is -0.465 e. The number of nitrogens with zero attached hydrogens (tertiary/aromatic N) is 2. The van der Waals surface area contributed by atoms with Gasteiger partial charge in [-0.3, -0.25) is 10.00 Å². The number of benzene rings is 1. The summed E-state index contributed by atoms with van der Waals surface area (Å²) in [6.45, 7) is 0. The number of carboxylic acid groups (broad SMARTS) is 1. The van der Waals surface area contributed by atoms with E-state index in [1.54, 1.807) is 29.1 Å². The Labute approximate surface area is 106 Å². The Morgan fingerprint density at radius 1 is 1.53 bits per heavy atom. The molecule has 0 saturated heterocycles. The highest BCUT2D eigenvalue weighted by Crippen LogP contribution is 2.28. The number of rotatable bonds is 2. The first-order chi connectivity index (χ1) is 8.08. The molecule has 1 heterocycles. The van der Waals surface area contributed by atoms with Gasteiger partial charge in [-0.05, 0) is 28.1 Å². The van der Waals surface area contributed by atoms with Gasteiger partial charge in [-0.15, -0.1) is 0 Å². The zero-order valence-corrected chi connectivity index (χ0v) is 10.6. The second-order valence-corrected chi connectivity index (χ2v) is 4.33. The maximum Gasteiger partial charge on any atom is 0.409 e. The molecule has 0 atom stereocenters. The first-order valence-electron chi connectivity index (χ1n) is 4.86. The van der Waals surface area contributed by atoms with Crippen LogP contribution in [0.3, 0.4) is 0 Å². The summed E-state index contributed by atoms with van der Waals surface area (Å²) in [4.78, 5) is 10.6. The summed E-state index contributed by atoms with van der Waals surface area (Å²) in [5.74, 6) is 0. The topological polar surface area (TPSA) is 67.2 Å². The predicted molar refractivity (Wildman–Crippen MR) is 68.0 cm³/mol. The lowest BCUT2D eigenvalue weighted by Gasteiger charge is -2.06.